The Morgan fingerprint density at radius 2 is 1.76 bits per heavy atom. The van der Waals surface area contributed by atoms with E-state index in [1.807, 2.05) is 11.8 Å². The van der Waals surface area contributed by atoms with E-state index in [0.29, 0.717) is 38.0 Å². The fourth-order valence-electron chi connectivity index (χ4n) is 3.90. The summed E-state index contributed by atoms with van der Waals surface area (Å²) in [4.78, 5) is 26.7. The average Bonchev–Trinajstić information content (AvgIpc) is 3.08. The molecule has 29 heavy (non-hydrogen) atoms. The highest BCUT2D eigenvalue weighted by Gasteiger charge is 2.33. The molecule has 0 unspecified atom stereocenters. The Bertz CT molecular complexity index is 805. The van der Waals surface area contributed by atoms with Crippen LogP contribution in [-0.2, 0) is 14.8 Å². The normalized spacial score (nSPS) is 19.7. The molecule has 2 fully saturated rings. The average molecular weight is 442 g/mol. The summed E-state index contributed by atoms with van der Waals surface area (Å²) in [5.41, 5.74) is 0.462. The molecule has 1 aromatic rings. The first-order valence-electron chi connectivity index (χ1n) is 10.6. The van der Waals surface area contributed by atoms with Crippen molar-refractivity contribution in [2.75, 3.05) is 32.7 Å². The minimum atomic E-state index is -3.63. The molecule has 0 radical (unpaired) electrons. The Morgan fingerprint density at radius 1 is 1.10 bits per heavy atom. The van der Waals surface area contributed by atoms with Crippen LogP contribution in [0.4, 0.5) is 0 Å². The van der Waals surface area contributed by atoms with E-state index in [0.717, 1.165) is 56.5 Å². The van der Waals surface area contributed by atoms with Crippen LogP contribution in [0.25, 0.3) is 0 Å². The molecule has 0 aromatic carbocycles. The van der Waals surface area contributed by atoms with Gasteiger partial charge in [-0.05, 0) is 38.2 Å². The zero-order valence-corrected chi connectivity index (χ0v) is 18.7. The zero-order chi connectivity index (χ0) is 20.9. The van der Waals surface area contributed by atoms with Crippen molar-refractivity contribution < 1.29 is 18.0 Å². The number of carbonyl (C=O) groups excluding carboxylic acids is 2. The molecule has 0 spiro atoms. The third-order valence-corrected chi connectivity index (χ3v) is 9.00. The quantitative estimate of drug-likeness (QED) is 0.735. The van der Waals surface area contributed by atoms with E-state index in [9.17, 15) is 18.0 Å². The lowest BCUT2D eigenvalue weighted by molar-refractivity contribution is -0.126. The maximum Gasteiger partial charge on any atom is 0.254 e. The number of rotatable bonds is 6. The van der Waals surface area contributed by atoms with E-state index < -0.39 is 10.0 Å². The van der Waals surface area contributed by atoms with Crippen molar-refractivity contribution in [1.82, 2.24) is 14.5 Å². The maximum absolute atomic E-state index is 13.0. The summed E-state index contributed by atoms with van der Waals surface area (Å²) in [6.07, 6.45) is 6.22. The van der Waals surface area contributed by atoms with Crippen molar-refractivity contribution in [1.29, 1.82) is 0 Å². The molecule has 0 saturated carbocycles. The molecule has 0 bridgehead atoms. The first-order valence-corrected chi connectivity index (χ1v) is 12.9. The van der Waals surface area contributed by atoms with Crippen LogP contribution in [0, 0.1) is 5.92 Å². The van der Waals surface area contributed by atoms with Gasteiger partial charge in [-0.25, -0.2) is 8.42 Å². The lowest BCUT2D eigenvalue weighted by Gasteiger charge is -2.30. The monoisotopic (exact) mass is 441 g/mol. The fourth-order valence-corrected chi connectivity index (χ4v) is 6.67. The van der Waals surface area contributed by atoms with E-state index in [-0.39, 0.29) is 21.9 Å². The summed E-state index contributed by atoms with van der Waals surface area (Å²) in [5, 5.41) is 4.55. The van der Waals surface area contributed by atoms with Gasteiger partial charge in [0.25, 0.3) is 15.9 Å². The topological polar surface area (TPSA) is 86.8 Å². The van der Waals surface area contributed by atoms with Gasteiger partial charge in [-0.2, -0.15) is 4.31 Å². The predicted molar refractivity (Wildman–Crippen MR) is 113 cm³/mol. The summed E-state index contributed by atoms with van der Waals surface area (Å²) in [6, 6.07) is 1.52. The second-order valence-corrected chi connectivity index (χ2v) is 10.9. The Labute approximate surface area is 177 Å². The number of hydrogen-bond donors (Lipinski definition) is 1. The number of piperidine rings is 1. The standard InChI is InChI=1S/C20H31N3O4S2/c1-2-9-21-19(24)16-7-12-23(13-8-16)29(26,27)18-14-17(15-28-18)20(25)22-10-5-3-4-6-11-22/h14-16H,2-13H2,1H3,(H,21,24). The Balaban J connectivity index is 1.62. The van der Waals surface area contributed by atoms with Crippen LogP contribution >= 0.6 is 11.3 Å². The van der Waals surface area contributed by atoms with E-state index >= 15 is 0 Å². The molecule has 2 aliphatic heterocycles. The second kappa shape index (κ2) is 10.0. The van der Waals surface area contributed by atoms with Gasteiger partial charge in [-0.3, -0.25) is 9.59 Å². The molecular weight excluding hydrogens is 410 g/mol. The minimum absolute atomic E-state index is 0.0188. The predicted octanol–water partition coefficient (Wildman–Crippen LogP) is 2.69. The Hall–Kier alpha value is -1.45. The molecule has 2 aliphatic rings. The smallest absolute Gasteiger partial charge is 0.254 e. The maximum atomic E-state index is 13.0. The first kappa shape index (κ1) is 22.2. The lowest BCUT2D eigenvalue weighted by atomic mass is 9.97. The number of thiophene rings is 1. The van der Waals surface area contributed by atoms with Crippen LogP contribution in [0.1, 0.15) is 62.2 Å². The molecular formula is C20H31N3O4S2. The number of likely N-dealkylation sites (tertiary alicyclic amines) is 1. The molecule has 1 aromatic heterocycles. The van der Waals surface area contributed by atoms with E-state index in [1.165, 1.54) is 10.4 Å². The van der Waals surface area contributed by atoms with Crippen LogP contribution in [0.15, 0.2) is 15.7 Å². The Morgan fingerprint density at radius 3 is 2.38 bits per heavy atom. The molecule has 7 nitrogen and oxygen atoms in total. The summed E-state index contributed by atoms with van der Waals surface area (Å²) in [6.45, 7) is 4.80. The molecule has 2 amide bonds. The minimum Gasteiger partial charge on any atom is -0.356 e. The Kier molecular flexibility index (Phi) is 7.70. The van der Waals surface area contributed by atoms with Crippen LogP contribution in [0.3, 0.4) is 0 Å². The molecule has 2 saturated heterocycles. The third kappa shape index (κ3) is 5.38. The molecule has 9 heteroatoms. The van der Waals surface area contributed by atoms with Gasteiger partial charge in [0, 0.05) is 44.0 Å². The molecule has 3 heterocycles. The summed E-state index contributed by atoms with van der Waals surface area (Å²) in [5.74, 6) is -0.183. The highest BCUT2D eigenvalue weighted by molar-refractivity contribution is 7.91. The van der Waals surface area contributed by atoms with Crippen molar-refractivity contribution in [3.05, 3.63) is 17.0 Å². The van der Waals surface area contributed by atoms with Crippen LogP contribution in [-0.4, -0.2) is 62.2 Å². The number of amides is 2. The number of hydrogen-bond acceptors (Lipinski definition) is 5. The highest BCUT2D eigenvalue weighted by atomic mass is 32.2. The van der Waals surface area contributed by atoms with Crippen molar-refractivity contribution in [2.45, 2.75) is 56.1 Å². The van der Waals surface area contributed by atoms with Crippen molar-refractivity contribution >= 4 is 33.2 Å². The van der Waals surface area contributed by atoms with Gasteiger partial charge in [-0.1, -0.05) is 19.8 Å². The highest BCUT2D eigenvalue weighted by Crippen LogP contribution is 2.29. The van der Waals surface area contributed by atoms with Gasteiger partial charge in [0.2, 0.25) is 5.91 Å². The molecule has 1 N–H and O–H groups in total. The fraction of sp³-hybridized carbons (Fsp3) is 0.700. The van der Waals surface area contributed by atoms with Gasteiger partial charge in [0.15, 0.2) is 0 Å². The van der Waals surface area contributed by atoms with Crippen molar-refractivity contribution in [3.8, 4) is 0 Å². The van der Waals surface area contributed by atoms with Gasteiger partial charge in [0.1, 0.15) is 4.21 Å². The summed E-state index contributed by atoms with van der Waals surface area (Å²) < 4.78 is 27.7. The van der Waals surface area contributed by atoms with E-state index in [1.54, 1.807) is 5.38 Å². The molecule has 162 valence electrons. The molecule has 0 atom stereocenters. The lowest BCUT2D eigenvalue weighted by Crippen LogP contribution is -2.42. The van der Waals surface area contributed by atoms with Crippen molar-refractivity contribution in [2.24, 2.45) is 5.92 Å². The van der Waals surface area contributed by atoms with Gasteiger partial charge >= 0.3 is 0 Å². The number of sulfonamides is 1. The summed E-state index contributed by atoms with van der Waals surface area (Å²) >= 11 is 1.11. The third-order valence-electron chi connectivity index (χ3n) is 5.68. The second-order valence-electron chi connectivity index (χ2n) is 7.83. The van der Waals surface area contributed by atoms with Gasteiger partial charge < -0.3 is 10.2 Å². The summed E-state index contributed by atoms with van der Waals surface area (Å²) in [7, 11) is -3.63. The number of carbonyl (C=O) groups is 2. The van der Waals surface area contributed by atoms with E-state index in [4.69, 9.17) is 0 Å². The van der Waals surface area contributed by atoms with E-state index in [2.05, 4.69) is 5.32 Å². The van der Waals surface area contributed by atoms with Gasteiger partial charge in [0.05, 0.1) is 5.56 Å². The molecule has 3 rings (SSSR count). The van der Waals surface area contributed by atoms with Crippen LogP contribution in [0.2, 0.25) is 0 Å². The number of nitrogens with one attached hydrogen (secondary N) is 1. The van der Waals surface area contributed by atoms with Crippen LogP contribution in [0.5, 0.6) is 0 Å². The van der Waals surface area contributed by atoms with Gasteiger partial charge in [-0.15, -0.1) is 11.3 Å². The van der Waals surface area contributed by atoms with Crippen LogP contribution < -0.4 is 5.32 Å². The molecule has 0 aliphatic carbocycles. The largest absolute Gasteiger partial charge is 0.356 e. The van der Waals surface area contributed by atoms with Crippen molar-refractivity contribution in [3.63, 3.8) is 0 Å². The first-order chi connectivity index (χ1) is 13.9. The number of nitrogens with zero attached hydrogens (tertiary/aromatic N) is 2. The zero-order valence-electron chi connectivity index (χ0n) is 17.1. The SMILES string of the molecule is CCCNC(=O)C1CCN(S(=O)(=O)c2cc(C(=O)N3CCCCCC3)cs2)CC1.